The quantitative estimate of drug-likeness (QED) is 0.496. The smallest absolute Gasteiger partial charge is 0.00320 e. The van der Waals surface area contributed by atoms with E-state index in [1.54, 1.807) is 0 Å². The molecule has 36 valence electrons. The van der Waals surface area contributed by atoms with Gasteiger partial charge in [-0.15, -0.1) is 12.6 Å². The summed E-state index contributed by atoms with van der Waals surface area (Å²) < 4.78 is 0. The van der Waals surface area contributed by atoms with E-state index in [0.29, 0.717) is 6.54 Å². The van der Waals surface area contributed by atoms with Crippen LogP contribution >= 0.6 is 12.6 Å². The van der Waals surface area contributed by atoms with Gasteiger partial charge in [0.25, 0.3) is 0 Å². The average molecular weight is 103 g/mol. The first-order chi connectivity index (χ1) is 2.77. The predicted molar refractivity (Wildman–Crippen MR) is 31.8 cm³/mol. The Balaban J connectivity index is 2.83. The van der Waals surface area contributed by atoms with Crippen LogP contribution in [0, 0.1) is 0 Å². The molecule has 0 aromatic rings. The lowest BCUT2D eigenvalue weighted by Gasteiger charge is -1.86. The Morgan fingerprint density at radius 1 is 1.83 bits per heavy atom. The fourth-order valence-electron chi connectivity index (χ4n) is 0.167. The summed E-state index contributed by atoms with van der Waals surface area (Å²) in [6.07, 6.45) is 0.823. The van der Waals surface area contributed by atoms with E-state index in [-0.39, 0.29) is 0 Å². The highest BCUT2D eigenvalue weighted by atomic mass is 32.1. The van der Waals surface area contributed by atoms with Gasteiger partial charge in [-0.2, -0.15) is 0 Å². The zero-order chi connectivity index (χ0) is 4.99. The first kappa shape index (κ1) is 6.05. The minimum absolute atomic E-state index is 0.655. The molecule has 0 heterocycles. The lowest BCUT2D eigenvalue weighted by Crippen LogP contribution is -1.96. The van der Waals surface area contributed by atoms with Gasteiger partial charge < -0.3 is 5.73 Å². The molecule has 0 aliphatic carbocycles. The monoisotopic (exact) mass is 103 g/mol. The van der Waals surface area contributed by atoms with Crippen LogP contribution in [0.2, 0.25) is 0 Å². The molecular weight excluding hydrogens is 94.1 g/mol. The summed E-state index contributed by atoms with van der Waals surface area (Å²) in [6.45, 7) is 4.18. The van der Waals surface area contributed by atoms with Crippen molar-refractivity contribution in [2.24, 2.45) is 5.73 Å². The van der Waals surface area contributed by atoms with Gasteiger partial charge in [0.2, 0.25) is 0 Å². The number of hydrogen-bond donors (Lipinski definition) is 2. The Hall–Kier alpha value is 0.0500. The fraction of sp³-hybridized carbons (Fsp3) is 0.500. The summed E-state index contributed by atoms with van der Waals surface area (Å²) in [4.78, 5) is 0.859. The van der Waals surface area contributed by atoms with Crippen LogP contribution in [0.3, 0.4) is 0 Å². The molecule has 0 atom stereocenters. The second-order valence-electron chi connectivity index (χ2n) is 1.10. The molecule has 2 heteroatoms. The summed E-state index contributed by atoms with van der Waals surface area (Å²) in [7, 11) is 0. The third-order valence-electron chi connectivity index (χ3n) is 0.433. The molecule has 1 nitrogen and oxygen atoms in total. The summed E-state index contributed by atoms with van der Waals surface area (Å²) in [5, 5.41) is 0. The highest BCUT2D eigenvalue weighted by Gasteiger charge is 1.77. The molecule has 0 saturated carbocycles. The maximum atomic E-state index is 5.12. The Morgan fingerprint density at radius 3 is 2.33 bits per heavy atom. The lowest BCUT2D eigenvalue weighted by molar-refractivity contribution is 1.00. The van der Waals surface area contributed by atoms with Crippen LogP contribution in [-0.2, 0) is 0 Å². The Bertz CT molecular complexity index is 51.5. The molecule has 6 heavy (non-hydrogen) atoms. The zero-order valence-electron chi connectivity index (χ0n) is 3.65. The van der Waals surface area contributed by atoms with Crippen LogP contribution < -0.4 is 5.73 Å². The van der Waals surface area contributed by atoms with Crippen molar-refractivity contribution in [3.05, 3.63) is 11.5 Å². The minimum Gasteiger partial charge on any atom is -0.330 e. The molecule has 0 aromatic heterocycles. The van der Waals surface area contributed by atoms with Crippen molar-refractivity contribution >= 4 is 12.6 Å². The van der Waals surface area contributed by atoms with Crippen molar-refractivity contribution in [3.63, 3.8) is 0 Å². The van der Waals surface area contributed by atoms with Crippen LogP contribution in [-0.4, -0.2) is 6.54 Å². The Labute approximate surface area is 43.6 Å². The van der Waals surface area contributed by atoms with E-state index in [1.807, 2.05) is 0 Å². The highest BCUT2D eigenvalue weighted by molar-refractivity contribution is 7.84. The van der Waals surface area contributed by atoms with Gasteiger partial charge in [-0.25, -0.2) is 0 Å². The molecular formula is C4H9NS. The van der Waals surface area contributed by atoms with Crippen molar-refractivity contribution < 1.29 is 0 Å². The third kappa shape index (κ3) is 4.05. The molecule has 2 N–H and O–H groups in total. The summed E-state index contributed by atoms with van der Waals surface area (Å²) in [5.41, 5.74) is 5.12. The van der Waals surface area contributed by atoms with Gasteiger partial charge in [0.1, 0.15) is 0 Å². The summed E-state index contributed by atoms with van der Waals surface area (Å²) >= 11 is 3.90. The number of hydrogen-bond acceptors (Lipinski definition) is 2. The lowest BCUT2D eigenvalue weighted by atomic mass is 10.4. The highest BCUT2D eigenvalue weighted by Crippen LogP contribution is 1.97. The van der Waals surface area contributed by atoms with E-state index >= 15 is 0 Å². The van der Waals surface area contributed by atoms with E-state index in [1.165, 1.54) is 0 Å². The van der Waals surface area contributed by atoms with Gasteiger partial charge >= 0.3 is 0 Å². The summed E-state index contributed by atoms with van der Waals surface area (Å²) in [5.74, 6) is 0. The van der Waals surface area contributed by atoms with Crippen molar-refractivity contribution in [1.82, 2.24) is 0 Å². The van der Waals surface area contributed by atoms with Gasteiger partial charge in [0.15, 0.2) is 0 Å². The number of nitrogens with two attached hydrogens (primary N) is 1. The van der Waals surface area contributed by atoms with Gasteiger partial charge in [-0.3, -0.25) is 0 Å². The molecule has 0 spiro atoms. The third-order valence-corrected chi connectivity index (χ3v) is 0.657. The predicted octanol–water partition coefficient (Wildman–Crippen LogP) is 0.779. The van der Waals surface area contributed by atoms with Crippen LogP contribution in [0.1, 0.15) is 6.42 Å². The van der Waals surface area contributed by atoms with Crippen molar-refractivity contribution in [3.8, 4) is 0 Å². The maximum absolute atomic E-state index is 5.12. The van der Waals surface area contributed by atoms with Crippen LogP contribution in [0.25, 0.3) is 0 Å². The molecule has 0 fully saturated rings. The van der Waals surface area contributed by atoms with Crippen LogP contribution in [0.4, 0.5) is 0 Å². The molecule has 0 aromatic carbocycles. The molecule has 0 aliphatic rings. The van der Waals surface area contributed by atoms with E-state index in [4.69, 9.17) is 5.73 Å². The SMILES string of the molecule is C=C(S)CCN. The summed E-state index contributed by atoms with van der Waals surface area (Å²) in [6, 6.07) is 0. The molecule has 0 aliphatic heterocycles. The van der Waals surface area contributed by atoms with Crippen molar-refractivity contribution in [2.45, 2.75) is 6.42 Å². The van der Waals surface area contributed by atoms with Gasteiger partial charge in [0.05, 0.1) is 0 Å². The second-order valence-corrected chi connectivity index (χ2v) is 1.74. The number of rotatable bonds is 2. The normalized spacial score (nSPS) is 8.33. The van der Waals surface area contributed by atoms with Crippen LogP contribution in [0.15, 0.2) is 11.5 Å². The molecule has 0 radical (unpaired) electrons. The molecule has 0 saturated heterocycles. The Morgan fingerprint density at radius 2 is 2.33 bits per heavy atom. The zero-order valence-corrected chi connectivity index (χ0v) is 4.54. The van der Waals surface area contributed by atoms with E-state index in [2.05, 4.69) is 19.2 Å². The van der Waals surface area contributed by atoms with Gasteiger partial charge in [-0.05, 0) is 17.9 Å². The van der Waals surface area contributed by atoms with Gasteiger partial charge in [-0.1, -0.05) is 6.58 Å². The van der Waals surface area contributed by atoms with Crippen molar-refractivity contribution in [2.75, 3.05) is 6.54 Å². The van der Waals surface area contributed by atoms with Crippen LogP contribution in [0.5, 0.6) is 0 Å². The molecule has 0 amide bonds. The van der Waals surface area contributed by atoms with Crippen molar-refractivity contribution in [1.29, 1.82) is 0 Å². The van der Waals surface area contributed by atoms with E-state index in [9.17, 15) is 0 Å². The number of thiol groups is 1. The molecule has 0 bridgehead atoms. The largest absolute Gasteiger partial charge is 0.330 e. The van der Waals surface area contributed by atoms with E-state index in [0.717, 1.165) is 11.3 Å². The Kier molecular flexibility index (Phi) is 3.28. The molecule has 0 rings (SSSR count). The standard InChI is InChI=1S/C4H9NS/c1-4(6)2-3-5/h6H,1-3,5H2. The van der Waals surface area contributed by atoms with E-state index < -0.39 is 0 Å². The first-order valence-electron chi connectivity index (χ1n) is 1.84. The minimum atomic E-state index is 0.655. The fourth-order valence-corrected chi connectivity index (χ4v) is 0.296. The van der Waals surface area contributed by atoms with Gasteiger partial charge in [0, 0.05) is 0 Å². The second kappa shape index (κ2) is 3.25. The first-order valence-corrected chi connectivity index (χ1v) is 2.29. The average Bonchev–Trinajstić information content (AvgIpc) is 1.35. The molecule has 0 unspecified atom stereocenters. The topological polar surface area (TPSA) is 26.0 Å². The maximum Gasteiger partial charge on any atom is -0.00320 e.